The Labute approximate surface area is 140 Å². The van der Waals surface area contributed by atoms with Gasteiger partial charge in [0.2, 0.25) is 0 Å². The second kappa shape index (κ2) is 6.12. The highest BCUT2D eigenvalue weighted by Gasteiger charge is 2.13. The van der Waals surface area contributed by atoms with Crippen LogP contribution in [0.2, 0.25) is 0 Å². The number of fused-ring (bicyclic) bond motifs is 1. The van der Waals surface area contributed by atoms with E-state index in [0.29, 0.717) is 12.0 Å². The average molecular weight is 404 g/mol. The zero-order valence-electron chi connectivity index (χ0n) is 11.1. The summed E-state index contributed by atoms with van der Waals surface area (Å²) in [5, 5.41) is 2.30. The van der Waals surface area contributed by atoms with Gasteiger partial charge in [-0.05, 0) is 34.5 Å². The van der Waals surface area contributed by atoms with Crippen molar-refractivity contribution in [3.63, 3.8) is 0 Å². The first-order valence-corrected chi connectivity index (χ1v) is 8.18. The summed E-state index contributed by atoms with van der Waals surface area (Å²) in [6.45, 7) is 0. The van der Waals surface area contributed by atoms with Crippen LogP contribution in [-0.2, 0) is 6.42 Å². The molecule has 3 heteroatoms. The maximum atomic E-state index is 12.6. The highest BCUT2D eigenvalue weighted by molar-refractivity contribution is 9.11. The summed E-state index contributed by atoms with van der Waals surface area (Å²) in [6, 6.07) is 19.9. The average Bonchev–Trinajstić information content (AvgIpc) is 2.50. The lowest BCUT2D eigenvalue weighted by Gasteiger charge is -2.08. The Kier molecular flexibility index (Phi) is 4.22. The van der Waals surface area contributed by atoms with Crippen molar-refractivity contribution in [2.45, 2.75) is 6.42 Å². The predicted octanol–water partition coefficient (Wildman–Crippen LogP) is 5.79. The predicted molar refractivity (Wildman–Crippen MR) is 93.8 cm³/mol. The molecule has 3 rings (SSSR count). The molecule has 0 fully saturated rings. The summed E-state index contributed by atoms with van der Waals surface area (Å²) in [7, 11) is 0. The van der Waals surface area contributed by atoms with Crippen LogP contribution < -0.4 is 0 Å². The van der Waals surface area contributed by atoms with E-state index in [1.165, 1.54) is 0 Å². The third kappa shape index (κ3) is 3.09. The minimum Gasteiger partial charge on any atom is -0.294 e. The Morgan fingerprint density at radius 2 is 1.67 bits per heavy atom. The Morgan fingerprint density at radius 3 is 2.52 bits per heavy atom. The van der Waals surface area contributed by atoms with Gasteiger partial charge in [0.15, 0.2) is 5.78 Å². The molecule has 3 aromatic rings. The zero-order valence-corrected chi connectivity index (χ0v) is 14.3. The van der Waals surface area contributed by atoms with Crippen molar-refractivity contribution in [1.82, 2.24) is 0 Å². The molecule has 0 heterocycles. The van der Waals surface area contributed by atoms with Crippen LogP contribution in [-0.4, -0.2) is 5.78 Å². The number of ketones is 1. The van der Waals surface area contributed by atoms with Gasteiger partial charge in [0.25, 0.3) is 0 Å². The van der Waals surface area contributed by atoms with Crippen molar-refractivity contribution in [3.8, 4) is 0 Å². The number of hydrogen-bond acceptors (Lipinski definition) is 1. The van der Waals surface area contributed by atoms with E-state index < -0.39 is 0 Å². The van der Waals surface area contributed by atoms with Gasteiger partial charge >= 0.3 is 0 Å². The molecule has 0 unspecified atom stereocenters. The molecule has 0 aromatic heterocycles. The zero-order chi connectivity index (χ0) is 14.8. The lowest BCUT2D eigenvalue weighted by atomic mass is 9.98. The molecule has 0 saturated carbocycles. The molecule has 0 bridgehead atoms. The van der Waals surface area contributed by atoms with Crippen molar-refractivity contribution in [2.75, 3.05) is 0 Å². The van der Waals surface area contributed by atoms with Gasteiger partial charge in [0, 0.05) is 20.9 Å². The van der Waals surface area contributed by atoms with Crippen LogP contribution in [0.5, 0.6) is 0 Å². The van der Waals surface area contributed by atoms with Gasteiger partial charge in [0.1, 0.15) is 0 Å². The molecule has 0 radical (unpaired) electrons. The molecule has 0 aliphatic heterocycles. The highest BCUT2D eigenvalue weighted by Crippen LogP contribution is 2.25. The van der Waals surface area contributed by atoms with Crippen LogP contribution in [0.3, 0.4) is 0 Å². The van der Waals surface area contributed by atoms with E-state index in [-0.39, 0.29) is 5.78 Å². The topological polar surface area (TPSA) is 17.1 Å². The minimum atomic E-state index is 0.111. The third-order valence-electron chi connectivity index (χ3n) is 3.46. The van der Waals surface area contributed by atoms with Gasteiger partial charge in [-0.1, -0.05) is 74.3 Å². The molecular formula is C18H12Br2O. The molecule has 0 spiro atoms. The largest absolute Gasteiger partial charge is 0.294 e. The Hall–Kier alpha value is -1.45. The first-order chi connectivity index (χ1) is 10.1. The summed E-state index contributed by atoms with van der Waals surface area (Å²) in [5.41, 5.74) is 1.77. The number of halogens is 2. The molecule has 0 aliphatic rings. The summed E-state index contributed by atoms with van der Waals surface area (Å²) in [4.78, 5) is 12.6. The van der Waals surface area contributed by atoms with Crippen LogP contribution in [0.25, 0.3) is 10.8 Å². The molecule has 104 valence electrons. The standard InChI is InChI=1S/C18H12Br2O/c19-14-8-9-17(20)16(11-14)18(21)10-13-6-3-5-12-4-1-2-7-15(12)13/h1-9,11H,10H2. The maximum Gasteiger partial charge on any atom is 0.168 e. The van der Waals surface area contributed by atoms with Crippen LogP contribution >= 0.6 is 31.9 Å². The monoisotopic (exact) mass is 402 g/mol. The number of hydrogen-bond donors (Lipinski definition) is 0. The van der Waals surface area contributed by atoms with Crippen molar-refractivity contribution in [2.24, 2.45) is 0 Å². The van der Waals surface area contributed by atoms with E-state index in [4.69, 9.17) is 0 Å². The molecular weight excluding hydrogens is 392 g/mol. The van der Waals surface area contributed by atoms with E-state index in [1.54, 1.807) is 0 Å². The van der Waals surface area contributed by atoms with E-state index in [0.717, 1.165) is 25.3 Å². The molecule has 0 atom stereocenters. The van der Waals surface area contributed by atoms with Crippen molar-refractivity contribution in [1.29, 1.82) is 0 Å². The van der Waals surface area contributed by atoms with E-state index in [9.17, 15) is 4.79 Å². The van der Waals surface area contributed by atoms with Gasteiger partial charge in [0.05, 0.1) is 0 Å². The van der Waals surface area contributed by atoms with Gasteiger partial charge in [-0.2, -0.15) is 0 Å². The quantitative estimate of drug-likeness (QED) is 0.505. The molecule has 1 nitrogen and oxygen atoms in total. The van der Waals surface area contributed by atoms with E-state index >= 15 is 0 Å². The fraction of sp³-hybridized carbons (Fsp3) is 0.0556. The smallest absolute Gasteiger partial charge is 0.168 e. The van der Waals surface area contributed by atoms with Crippen molar-refractivity contribution in [3.05, 3.63) is 80.7 Å². The molecule has 0 aliphatic carbocycles. The second-order valence-electron chi connectivity index (χ2n) is 4.86. The summed E-state index contributed by atoms with van der Waals surface area (Å²) >= 11 is 6.87. The molecule has 0 N–H and O–H groups in total. The van der Waals surface area contributed by atoms with Gasteiger partial charge in [-0.3, -0.25) is 4.79 Å². The maximum absolute atomic E-state index is 12.6. The van der Waals surface area contributed by atoms with Crippen LogP contribution in [0.15, 0.2) is 69.6 Å². The van der Waals surface area contributed by atoms with Crippen molar-refractivity contribution < 1.29 is 4.79 Å². The van der Waals surface area contributed by atoms with Crippen LogP contribution in [0.4, 0.5) is 0 Å². The highest BCUT2D eigenvalue weighted by atomic mass is 79.9. The fourth-order valence-corrected chi connectivity index (χ4v) is 3.25. The Morgan fingerprint density at radius 1 is 0.905 bits per heavy atom. The molecule has 21 heavy (non-hydrogen) atoms. The number of carbonyl (C=O) groups excluding carboxylic acids is 1. The SMILES string of the molecule is O=C(Cc1cccc2ccccc12)c1cc(Br)ccc1Br. The van der Waals surface area contributed by atoms with Crippen molar-refractivity contribution >= 4 is 48.4 Å². The number of rotatable bonds is 3. The fourth-order valence-electron chi connectivity index (χ4n) is 2.43. The summed E-state index contributed by atoms with van der Waals surface area (Å²) < 4.78 is 1.74. The summed E-state index contributed by atoms with van der Waals surface area (Å²) in [6.07, 6.45) is 0.399. The normalized spacial score (nSPS) is 10.8. The first kappa shape index (κ1) is 14.5. The number of Topliss-reactive ketones (excluding diaryl/α,β-unsaturated/α-hetero) is 1. The van der Waals surface area contributed by atoms with Gasteiger partial charge < -0.3 is 0 Å². The molecule has 0 saturated heterocycles. The Balaban J connectivity index is 1.99. The van der Waals surface area contributed by atoms with E-state index in [2.05, 4.69) is 50.1 Å². The van der Waals surface area contributed by atoms with Crippen LogP contribution in [0.1, 0.15) is 15.9 Å². The van der Waals surface area contributed by atoms with Crippen LogP contribution in [0, 0.1) is 0 Å². The molecule has 3 aromatic carbocycles. The lowest BCUT2D eigenvalue weighted by molar-refractivity contribution is 0.0992. The second-order valence-corrected chi connectivity index (χ2v) is 6.63. The number of benzene rings is 3. The lowest BCUT2D eigenvalue weighted by Crippen LogP contribution is -2.05. The van der Waals surface area contributed by atoms with Gasteiger partial charge in [-0.15, -0.1) is 0 Å². The first-order valence-electron chi connectivity index (χ1n) is 6.60. The number of carbonyl (C=O) groups is 1. The third-order valence-corrected chi connectivity index (χ3v) is 4.64. The van der Waals surface area contributed by atoms with E-state index in [1.807, 2.05) is 42.5 Å². The summed E-state index contributed by atoms with van der Waals surface area (Å²) in [5.74, 6) is 0.111. The minimum absolute atomic E-state index is 0.111. The Bertz CT molecular complexity index is 819. The van der Waals surface area contributed by atoms with Gasteiger partial charge in [-0.25, -0.2) is 0 Å². The molecule has 0 amide bonds.